The van der Waals surface area contributed by atoms with Crippen LogP contribution >= 0.6 is 0 Å². The van der Waals surface area contributed by atoms with E-state index in [2.05, 4.69) is 10.4 Å². The number of carbonyl (C=O) groups is 2. The molecule has 34 heavy (non-hydrogen) atoms. The summed E-state index contributed by atoms with van der Waals surface area (Å²) in [4.78, 5) is 26.3. The highest BCUT2D eigenvalue weighted by Gasteiger charge is 2.36. The SMILES string of the molecule is Cc1ccc2c(c1)-c1c(c(C(=O)C(C#N)C(=O)Nc3ccccc3)nn1-c1ccccc1)CO2. The first-order valence-corrected chi connectivity index (χ1v) is 10.8. The number of carbonyl (C=O) groups excluding carboxylic acids is 2. The Balaban J connectivity index is 1.61. The molecule has 1 unspecified atom stereocenters. The molecule has 0 spiro atoms. The predicted molar refractivity (Wildman–Crippen MR) is 127 cm³/mol. The van der Waals surface area contributed by atoms with E-state index in [-0.39, 0.29) is 12.3 Å². The number of anilines is 1. The Labute approximate surface area is 196 Å². The first kappa shape index (κ1) is 21.2. The molecule has 5 rings (SSSR count). The summed E-state index contributed by atoms with van der Waals surface area (Å²) in [7, 11) is 0. The molecule has 1 N–H and O–H groups in total. The van der Waals surface area contributed by atoms with E-state index in [0.29, 0.717) is 17.0 Å². The van der Waals surface area contributed by atoms with Crippen molar-refractivity contribution < 1.29 is 14.3 Å². The molecule has 0 aliphatic carbocycles. The highest BCUT2D eigenvalue weighted by Crippen LogP contribution is 2.41. The zero-order valence-corrected chi connectivity index (χ0v) is 18.4. The number of aromatic nitrogens is 2. The highest BCUT2D eigenvalue weighted by molar-refractivity contribution is 6.15. The quantitative estimate of drug-likeness (QED) is 0.353. The van der Waals surface area contributed by atoms with Gasteiger partial charge in [-0.2, -0.15) is 10.4 Å². The summed E-state index contributed by atoms with van der Waals surface area (Å²) in [6.07, 6.45) is 0. The minimum Gasteiger partial charge on any atom is -0.488 e. The van der Waals surface area contributed by atoms with Crippen LogP contribution in [0.3, 0.4) is 0 Å². The summed E-state index contributed by atoms with van der Waals surface area (Å²) in [5.41, 5.74) is 4.43. The molecule has 1 atom stereocenters. The van der Waals surface area contributed by atoms with Crippen LogP contribution in [0.15, 0.2) is 78.9 Å². The second-order valence-electron chi connectivity index (χ2n) is 7.99. The van der Waals surface area contributed by atoms with Gasteiger partial charge in [-0.15, -0.1) is 0 Å². The number of amides is 1. The number of hydrogen-bond donors (Lipinski definition) is 1. The Kier molecular flexibility index (Phi) is 5.40. The van der Waals surface area contributed by atoms with Gasteiger partial charge in [-0.05, 0) is 43.3 Å². The molecular formula is C27H20N4O3. The van der Waals surface area contributed by atoms with Crippen molar-refractivity contribution >= 4 is 17.4 Å². The first-order chi connectivity index (χ1) is 16.6. The molecule has 166 valence electrons. The zero-order valence-electron chi connectivity index (χ0n) is 18.4. The lowest BCUT2D eigenvalue weighted by Crippen LogP contribution is -2.29. The number of fused-ring (bicyclic) bond motifs is 3. The number of Topliss-reactive ketones (excluding diaryl/α,β-unsaturated/α-hetero) is 1. The maximum Gasteiger partial charge on any atom is 0.249 e. The summed E-state index contributed by atoms with van der Waals surface area (Å²) in [5, 5.41) is 17.0. The van der Waals surface area contributed by atoms with E-state index in [0.717, 1.165) is 22.5 Å². The zero-order chi connectivity index (χ0) is 23.7. The maximum absolute atomic E-state index is 13.5. The molecule has 1 amide bonds. The summed E-state index contributed by atoms with van der Waals surface area (Å²) in [6, 6.07) is 25.8. The average molecular weight is 448 g/mol. The van der Waals surface area contributed by atoms with Gasteiger partial charge in [0.1, 0.15) is 18.1 Å². The molecule has 7 heteroatoms. The molecule has 7 nitrogen and oxygen atoms in total. The smallest absolute Gasteiger partial charge is 0.249 e. The van der Waals surface area contributed by atoms with Gasteiger partial charge < -0.3 is 10.1 Å². The molecule has 0 saturated heterocycles. The van der Waals surface area contributed by atoms with Crippen LogP contribution in [0.25, 0.3) is 16.9 Å². The number of nitrogens with zero attached hydrogens (tertiary/aromatic N) is 3. The van der Waals surface area contributed by atoms with E-state index in [1.54, 1.807) is 28.9 Å². The lowest BCUT2D eigenvalue weighted by molar-refractivity contribution is -0.117. The van der Waals surface area contributed by atoms with Gasteiger partial charge >= 0.3 is 0 Å². The minimum absolute atomic E-state index is 0.0563. The lowest BCUT2D eigenvalue weighted by atomic mass is 9.95. The van der Waals surface area contributed by atoms with Crippen LogP contribution in [-0.4, -0.2) is 21.5 Å². The third-order valence-corrected chi connectivity index (χ3v) is 5.67. The summed E-state index contributed by atoms with van der Waals surface area (Å²) < 4.78 is 7.61. The van der Waals surface area contributed by atoms with Gasteiger partial charge in [-0.25, -0.2) is 4.68 Å². The van der Waals surface area contributed by atoms with Gasteiger partial charge in [-0.3, -0.25) is 9.59 Å². The molecular weight excluding hydrogens is 428 g/mol. The molecule has 3 aromatic carbocycles. The van der Waals surface area contributed by atoms with Crippen LogP contribution in [0.2, 0.25) is 0 Å². The van der Waals surface area contributed by atoms with Gasteiger partial charge in [0.15, 0.2) is 5.92 Å². The van der Waals surface area contributed by atoms with Crippen LogP contribution in [0.1, 0.15) is 21.6 Å². The van der Waals surface area contributed by atoms with Gasteiger partial charge in [-0.1, -0.05) is 48.0 Å². The number of nitrogens with one attached hydrogen (secondary N) is 1. The third-order valence-electron chi connectivity index (χ3n) is 5.67. The topological polar surface area (TPSA) is 97.0 Å². The van der Waals surface area contributed by atoms with E-state index >= 15 is 0 Å². The molecule has 0 radical (unpaired) electrons. The highest BCUT2D eigenvalue weighted by atomic mass is 16.5. The Morgan fingerprint density at radius 2 is 1.76 bits per heavy atom. The third kappa shape index (κ3) is 3.71. The van der Waals surface area contributed by atoms with Crippen molar-refractivity contribution in [2.45, 2.75) is 13.5 Å². The number of hydrogen-bond acceptors (Lipinski definition) is 5. The van der Waals surface area contributed by atoms with E-state index in [1.807, 2.05) is 67.6 Å². The van der Waals surface area contributed by atoms with Crippen molar-refractivity contribution in [3.05, 3.63) is 95.7 Å². The number of para-hydroxylation sites is 2. The molecule has 1 aliphatic rings. The van der Waals surface area contributed by atoms with Gasteiger partial charge in [0.2, 0.25) is 11.7 Å². The largest absolute Gasteiger partial charge is 0.488 e. The first-order valence-electron chi connectivity index (χ1n) is 10.8. The number of ether oxygens (including phenoxy) is 1. The van der Waals surface area contributed by atoms with Crippen LogP contribution in [0.4, 0.5) is 5.69 Å². The lowest BCUT2D eigenvalue weighted by Gasteiger charge is -2.20. The average Bonchev–Trinajstić information content (AvgIpc) is 3.26. The van der Waals surface area contributed by atoms with Crippen molar-refractivity contribution in [3.63, 3.8) is 0 Å². The molecule has 2 heterocycles. The number of aryl methyl sites for hydroxylation is 1. The fourth-order valence-corrected chi connectivity index (χ4v) is 4.03. The summed E-state index contributed by atoms with van der Waals surface area (Å²) in [6.45, 7) is 2.08. The van der Waals surface area contributed by atoms with Crippen molar-refractivity contribution in [1.29, 1.82) is 5.26 Å². The number of benzene rings is 3. The van der Waals surface area contributed by atoms with Crippen molar-refractivity contribution in [2.24, 2.45) is 5.92 Å². The van der Waals surface area contributed by atoms with E-state index < -0.39 is 17.6 Å². The van der Waals surface area contributed by atoms with Crippen LogP contribution in [0.5, 0.6) is 5.75 Å². The second-order valence-corrected chi connectivity index (χ2v) is 7.99. The predicted octanol–water partition coefficient (Wildman–Crippen LogP) is 4.70. The number of nitriles is 1. The van der Waals surface area contributed by atoms with Crippen LogP contribution in [0, 0.1) is 24.2 Å². The van der Waals surface area contributed by atoms with E-state index in [1.165, 1.54) is 0 Å². The van der Waals surface area contributed by atoms with Gasteiger partial charge in [0.25, 0.3) is 0 Å². The molecule has 0 fully saturated rings. The van der Waals surface area contributed by atoms with E-state index in [9.17, 15) is 14.9 Å². The Morgan fingerprint density at radius 1 is 1.06 bits per heavy atom. The monoisotopic (exact) mass is 448 g/mol. The minimum atomic E-state index is -1.55. The molecule has 4 aromatic rings. The normalized spacial score (nSPS) is 12.5. The molecule has 0 bridgehead atoms. The van der Waals surface area contributed by atoms with E-state index in [4.69, 9.17) is 4.74 Å². The number of rotatable bonds is 5. The molecule has 1 aromatic heterocycles. The van der Waals surface area contributed by atoms with Gasteiger partial charge in [0.05, 0.1) is 17.5 Å². The second kappa shape index (κ2) is 8.68. The summed E-state index contributed by atoms with van der Waals surface area (Å²) >= 11 is 0. The van der Waals surface area contributed by atoms with Gasteiger partial charge in [0, 0.05) is 16.8 Å². The standard InChI is InChI=1S/C27H20N4O3/c1-17-12-13-23-20(14-17)25-22(16-34-23)24(30-31(25)19-10-6-3-7-11-19)26(32)21(15-28)27(33)29-18-8-4-2-5-9-18/h2-14,21H,16H2,1H3,(H,29,33). The van der Waals surface area contributed by atoms with Crippen molar-refractivity contribution in [2.75, 3.05) is 5.32 Å². The Bertz CT molecular complexity index is 1440. The fraction of sp³-hybridized carbons (Fsp3) is 0.111. The fourth-order valence-electron chi connectivity index (χ4n) is 4.03. The number of ketones is 1. The molecule has 0 saturated carbocycles. The molecule has 1 aliphatic heterocycles. The van der Waals surface area contributed by atoms with Crippen molar-refractivity contribution in [1.82, 2.24) is 9.78 Å². The maximum atomic E-state index is 13.5. The van der Waals surface area contributed by atoms with Crippen LogP contribution in [-0.2, 0) is 11.4 Å². The Hall–Kier alpha value is -4.70. The Morgan fingerprint density at radius 3 is 2.47 bits per heavy atom. The summed E-state index contributed by atoms with van der Waals surface area (Å²) in [5.74, 6) is -2.23. The van der Waals surface area contributed by atoms with Crippen LogP contribution < -0.4 is 10.1 Å². The van der Waals surface area contributed by atoms with Crippen molar-refractivity contribution in [3.8, 4) is 28.8 Å².